The fraction of sp³-hybridized carbons (Fsp3) is 0.333. The number of anilines is 1. The second kappa shape index (κ2) is 5.55. The molecule has 0 atom stereocenters. The maximum Gasteiger partial charge on any atom is 0.407 e. The van der Waals surface area contributed by atoms with Crippen LogP contribution in [0.15, 0.2) is 24.3 Å². The van der Waals surface area contributed by atoms with E-state index in [1.807, 2.05) is 0 Å². The van der Waals surface area contributed by atoms with Crippen molar-refractivity contribution in [2.24, 2.45) is 0 Å². The van der Waals surface area contributed by atoms with Crippen LogP contribution < -0.4 is 5.32 Å². The van der Waals surface area contributed by atoms with E-state index in [4.69, 9.17) is 5.11 Å². The van der Waals surface area contributed by atoms with Crippen molar-refractivity contribution in [2.45, 2.75) is 0 Å². The van der Waals surface area contributed by atoms with Crippen LogP contribution in [-0.2, 0) is 0 Å². The van der Waals surface area contributed by atoms with Gasteiger partial charge in [0.1, 0.15) is 5.82 Å². The first-order valence-corrected chi connectivity index (χ1v) is 5.85. The number of carboxylic acid groups (broad SMARTS) is 1. The van der Waals surface area contributed by atoms with Gasteiger partial charge in [0.25, 0.3) is 0 Å². The zero-order valence-corrected chi connectivity index (χ0v) is 10.2. The predicted molar refractivity (Wildman–Crippen MR) is 66.6 cm³/mol. The molecule has 2 rings (SSSR count). The van der Waals surface area contributed by atoms with E-state index in [0.717, 1.165) is 0 Å². The maximum atomic E-state index is 13.0. The normalized spacial score (nSPS) is 15.2. The number of nitrogens with one attached hydrogen (secondary N) is 1. The van der Waals surface area contributed by atoms with Crippen LogP contribution in [0.3, 0.4) is 0 Å². The summed E-state index contributed by atoms with van der Waals surface area (Å²) < 4.78 is 13.0. The lowest BCUT2D eigenvalue weighted by atomic mass is 10.3. The highest BCUT2D eigenvalue weighted by molar-refractivity contribution is 5.89. The zero-order chi connectivity index (χ0) is 13.8. The Morgan fingerprint density at radius 2 is 1.79 bits per heavy atom. The van der Waals surface area contributed by atoms with Gasteiger partial charge in [-0.05, 0) is 18.2 Å². The quantitative estimate of drug-likeness (QED) is 0.812. The lowest BCUT2D eigenvalue weighted by molar-refractivity contribution is 0.115. The van der Waals surface area contributed by atoms with Crippen LogP contribution in [0.1, 0.15) is 0 Å². The molecule has 1 aromatic carbocycles. The summed E-state index contributed by atoms with van der Waals surface area (Å²) in [6.45, 7) is 1.22. The fourth-order valence-electron chi connectivity index (χ4n) is 1.87. The number of hydrogen-bond acceptors (Lipinski definition) is 2. The molecule has 1 aliphatic heterocycles. The zero-order valence-electron chi connectivity index (χ0n) is 10.2. The number of benzene rings is 1. The van der Waals surface area contributed by atoms with Crippen molar-refractivity contribution >= 4 is 17.8 Å². The van der Waals surface area contributed by atoms with Gasteiger partial charge < -0.3 is 20.2 Å². The van der Waals surface area contributed by atoms with E-state index >= 15 is 0 Å². The molecule has 6 nitrogen and oxygen atoms in total. The predicted octanol–water partition coefficient (Wildman–Crippen LogP) is 1.65. The maximum absolute atomic E-state index is 13.0. The fourth-order valence-corrected chi connectivity index (χ4v) is 1.87. The summed E-state index contributed by atoms with van der Waals surface area (Å²) in [4.78, 5) is 25.4. The minimum atomic E-state index is -0.981. The van der Waals surface area contributed by atoms with Gasteiger partial charge in [-0.25, -0.2) is 14.0 Å². The number of carbonyl (C=O) groups excluding carboxylic acids is 1. The van der Waals surface area contributed by atoms with Gasteiger partial charge in [-0.2, -0.15) is 0 Å². The first-order chi connectivity index (χ1) is 9.06. The van der Waals surface area contributed by atoms with Gasteiger partial charge in [-0.1, -0.05) is 6.07 Å². The molecular weight excluding hydrogens is 253 g/mol. The first-order valence-electron chi connectivity index (χ1n) is 5.85. The monoisotopic (exact) mass is 267 g/mol. The lowest BCUT2D eigenvalue weighted by Crippen LogP contribution is -2.51. The highest BCUT2D eigenvalue weighted by atomic mass is 19.1. The summed E-state index contributed by atoms with van der Waals surface area (Å²) in [6, 6.07) is 5.27. The number of amides is 3. The Hall–Kier alpha value is -2.31. The summed E-state index contributed by atoms with van der Waals surface area (Å²) in [5, 5.41) is 11.4. The van der Waals surface area contributed by atoms with Crippen LogP contribution in [-0.4, -0.2) is 53.2 Å². The Morgan fingerprint density at radius 1 is 1.16 bits per heavy atom. The van der Waals surface area contributed by atoms with Crippen LogP contribution >= 0.6 is 0 Å². The minimum Gasteiger partial charge on any atom is -0.465 e. The van der Waals surface area contributed by atoms with E-state index < -0.39 is 11.9 Å². The van der Waals surface area contributed by atoms with Gasteiger partial charge in [-0.3, -0.25) is 0 Å². The van der Waals surface area contributed by atoms with E-state index in [9.17, 15) is 14.0 Å². The van der Waals surface area contributed by atoms with E-state index in [2.05, 4.69) is 5.32 Å². The summed E-state index contributed by atoms with van der Waals surface area (Å²) in [5.41, 5.74) is 0.380. The van der Waals surface area contributed by atoms with Crippen molar-refractivity contribution in [3.8, 4) is 0 Å². The number of carbonyl (C=O) groups is 2. The van der Waals surface area contributed by atoms with Crippen molar-refractivity contribution in [3.63, 3.8) is 0 Å². The number of hydrogen-bond donors (Lipinski definition) is 2. The average molecular weight is 267 g/mol. The first kappa shape index (κ1) is 13.1. The van der Waals surface area contributed by atoms with Gasteiger partial charge in [0.2, 0.25) is 0 Å². The topological polar surface area (TPSA) is 72.9 Å². The molecule has 1 aliphatic rings. The Labute approximate surface area is 109 Å². The van der Waals surface area contributed by atoms with E-state index in [1.54, 1.807) is 6.07 Å². The molecule has 0 radical (unpaired) electrons. The molecular formula is C12H14FN3O3. The third-order valence-corrected chi connectivity index (χ3v) is 2.91. The van der Waals surface area contributed by atoms with Crippen molar-refractivity contribution in [2.75, 3.05) is 31.5 Å². The number of piperazine rings is 1. The Bertz CT molecular complexity index is 487. The second-order valence-electron chi connectivity index (χ2n) is 4.20. The average Bonchev–Trinajstić information content (AvgIpc) is 2.39. The number of halogens is 1. The number of rotatable bonds is 1. The SMILES string of the molecule is O=C(O)N1CCN(C(=O)Nc2cccc(F)c2)CC1. The molecule has 0 saturated carbocycles. The molecule has 1 fully saturated rings. The molecule has 3 amide bonds. The third-order valence-electron chi connectivity index (χ3n) is 2.91. The van der Waals surface area contributed by atoms with Gasteiger partial charge in [0, 0.05) is 31.9 Å². The van der Waals surface area contributed by atoms with Crippen molar-refractivity contribution in [1.82, 2.24) is 9.80 Å². The molecule has 2 N–H and O–H groups in total. The Kier molecular flexibility index (Phi) is 3.84. The lowest BCUT2D eigenvalue weighted by Gasteiger charge is -2.33. The molecule has 0 spiro atoms. The molecule has 1 heterocycles. The highest BCUT2D eigenvalue weighted by Gasteiger charge is 2.23. The molecule has 0 unspecified atom stereocenters. The van der Waals surface area contributed by atoms with E-state index in [-0.39, 0.29) is 19.1 Å². The summed E-state index contributed by atoms with van der Waals surface area (Å²) >= 11 is 0. The summed E-state index contributed by atoms with van der Waals surface area (Å²) in [6.07, 6.45) is -0.981. The number of urea groups is 1. The second-order valence-corrected chi connectivity index (χ2v) is 4.20. The molecule has 1 saturated heterocycles. The third kappa shape index (κ3) is 3.34. The van der Waals surface area contributed by atoms with E-state index in [1.165, 1.54) is 28.0 Å². The largest absolute Gasteiger partial charge is 0.465 e. The van der Waals surface area contributed by atoms with Crippen LogP contribution in [0.4, 0.5) is 19.7 Å². The van der Waals surface area contributed by atoms with Crippen LogP contribution in [0.5, 0.6) is 0 Å². The van der Waals surface area contributed by atoms with E-state index in [0.29, 0.717) is 18.8 Å². The van der Waals surface area contributed by atoms with Gasteiger partial charge >= 0.3 is 12.1 Å². The van der Waals surface area contributed by atoms with Crippen LogP contribution in [0.2, 0.25) is 0 Å². The van der Waals surface area contributed by atoms with Crippen LogP contribution in [0, 0.1) is 5.82 Å². The van der Waals surface area contributed by atoms with Crippen molar-refractivity contribution in [1.29, 1.82) is 0 Å². The Balaban J connectivity index is 1.90. The molecule has 0 aliphatic carbocycles. The molecule has 1 aromatic rings. The van der Waals surface area contributed by atoms with Crippen molar-refractivity contribution in [3.05, 3.63) is 30.1 Å². The van der Waals surface area contributed by atoms with Gasteiger partial charge in [0.15, 0.2) is 0 Å². The molecule has 102 valence electrons. The molecule has 19 heavy (non-hydrogen) atoms. The summed E-state index contributed by atoms with van der Waals surface area (Å²) in [7, 11) is 0. The van der Waals surface area contributed by atoms with Gasteiger partial charge in [-0.15, -0.1) is 0 Å². The van der Waals surface area contributed by atoms with Crippen molar-refractivity contribution < 1.29 is 19.1 Å². The number of nitrogens with zero attached hydrogens (tertiary/aromatic N) is 2. The van der Waals surface area contributed by atoms with Gasteiger partial charge in [0.05, 0.1) is 0 Å². The molecule has 7 heteroatoms. The standard InChI is InChI=1S/C12H14FN3O3/c13-9-2-1-3-10(8-9)14-11(17)15-4-6-16(7-5-15)12(18)19/h1-3,8H,4-7H2,(H,14,17)(H,18,19). The highest BCUT2D eigenvalue weighted by Crippen LogP contribution is 2.11. The minimum absolute atomic E-state index is 0.284. The molecule has 0 bridgehead atoms. The smallest absolute Gasteiger partial charge is 0.407 e. The summed E-state index contributed by atoms with van der Waals surface area (Å²) in [5.74, 6) is -0.423. The molecule has 0 aromatic heterocycles. The Morgan fingerprint density at radius 3 is 2.37 bits per heavy atom. The van der Waals surface area contributed by atoms with Crippen LogP contribution in [0.25, 0.3) is 0 Å².